The summed E-state index contributed by atoms with van der Waals surface area (Å²) in [6.07, 6.45) is 5.78. The summed E-state index contributed by atoms with van der Waals surface area (Å²) in [7, 11) is 0. The van der Waals surface area contributed by atoms with Gasteiger partial charge in [-0.2, -0.15) is 0 Å². The number of oxime groups is 1. The van der Waals surface area contributed by atoms with Gasteiger partial charge in [-0.1, -0.05) is 60.6 Å². The van der Waals surface area contributed by atoms with Crippen molar-refractivity contribution < 1.29 is 9.63 Å². The van der Waals surface area contributed by atoms with E-state index < -0.39 is 0 Å². The Labute approximate surface area is 148 Å². The number of carbonyl (C=O) groups is 1. The molecule has 0 fully saturated rings. The third-order valence-electron chi connectivity index (χ3n) is 4.56. The van der Waals surface area contributed by atoms with Crippen LogP contribution in [0.4, 0.5) is 0 Å². The summed E-state index contributed by atoms with van der Waals surface area (Å²) in [6, 6.07) is 16.5. The van der Waals surface area contributed by atoms with Crippen molar-refractivity contribution >= 4 is 12.1 Å². The molecule has 4 heteroatoms. The first kappa shape index (κ1) is 17.2. The smallest absolute Gasteiger partial charge is 0.261 e. The predicted octanol–water partition coefficient (Wildman–Crippen LogP) is 3.79. The molecule has 2 aromatic rings. The zero-order valence-corrected chi connectivity index (χ0v) is 14.6. The van der Waals surface area contributed by atoms with Crippen LogP contribution in [0.5, 0.6) is 0 Å². The fourth-order valence-corrected chi connectivity index (χ4v) is 3.17. The van der Waals surface area contributed by atoms with Gasteiger partial charge in [0, 0.05) is 0 Å². The molecule has 130 valence electrons. The molecule has 25 heavy (non-hydrogen) atoms. The number of fused-ring (bicyclic) bond motifs is 1. The zero-order chi connectivity index (χ0) is 17.5. The Morgan fingerprint density at radius 3 is 2.84 bits per heavy atom. The Kier molecular flexibility index (Phi) is 5.83. The number of carbonyl (C=O) groups excluding carboxylic acids is 1. The van der Waals surface area contributed by atoms with Crippen molar-refractivity contribution in [2.75, 3.05) is 6.61 Å². The quantitative estimate of drug-likeness (QED) is 0.644. The highest BCUT2D eigenvalue weighted by Crippen LogP contribution is 2.29. The van der Waals surface area contributed by atoms with Gasteiger partial charge in [-0.15, -0.1) is 0 Å². The van der Waals surface area contributed by atoms with Crippen LogP contribution in [-0.4, -0.2) is 18.7 Å². The average Bonchev–Trinajstić information content (AvgIpc) is 2.66. The van der Waals surface area contributed by atoms with E-state index in [0.717, 1.165) is 31.2 Å². The first-order valence-electron chi connectivity index (χ1n) is 8.87. The van der Waals surface area contributed by atoms with Crippen molar-refractivity contribution in [2.24, 2.45) is 5.16 Å². The lowest BCUT2D eigenvalue weighted by Crippen LogP contribution is -2.33. The van der Waals surface area contributed by atoms with Crippen molar-refractivity contribution in [1.29, 1.82) is 0 Å². The van der Waals surface area contributed by atoms with Crippen LogP contribution in [0.15, 0.2) is 53.7 Å². The second-order valence-electron chi connectivity index (χ2n) is 6.31. The van der Waals surface area contributed by atoms with E-state index in [0.29, 0.717) is 0 Å². The Morgan fingerprint density at radius 1 is 1.24 bits per heavy atom. The van der Waals surface area contributed by atoms with Gasteiger partial charge in [-0.3, -0.25) is 4.79 Å². The summed E-state index contributed by atoms with van der Waals surface area (Å²) in [5, 5.41) is 6.94. The van der Waals surface area contributed by atoms with E-state index in [2.05, 4.69) is 41.7 Å². The number of hydrogen-bond donors (Lipinski definition) is 1. The summed E-state index contributed by atoms with van der Waals surface area (Å²) in [5.74, 6) is -0.139. The minimum absolute atomic E-state index is 0.0673. The van der Waals surface area contributed by atoms with E-state index in [-0.39, 0.29) is 18.6 Å². The minimum Gasteiger partial charge on any atom is -0.386 e. The second kappa shape index (κ2) is 8.47. The Morgan fingerprint density at radius 2 is 2.04 bits per heavy atom. The molecule has 0 saturated heterocycles. The number of nitrogens with zero attached hydrogens (tertiary/aromatic N) is 1. The van der Waals surface area contributed by atoms with E-state index >= 15 is 0 Å². The maximum atomic E-state index is 12.1. The highest BCUT2D eigenvalue weighted by atomic mass is 16.6. The molecule has 0 unspecified atom stereocenters. The van der Waals surface area contributed by atoms with Crippen LogP contribution in [0.1, 0.15) is 48.1 Å². The van der Waals surface area contributed by atoms with Gasteiger partial charge in [0.15, 0.2) is 6.61 Å². The highest BCUT2D eigenvalue weighted by molar-refractivity contribution is 5.80. The zero-order valence-electron chi connectivity index (χ0n) is 14.6. The monoisotopic (exact) mass is 336 g/mol. The summed E-state index contributed by atoms with van der Waals surface area (Å²) >= 11 is 0. The van der Waals surface area contributed by atoms with E-state index in [1.165, 1.54) is 16.7 Å². The largest absolute Gasteiger partial charge is 0.386 e. The van der Waals surface area contributed by atoms with Gasteiger partial charge in [0.2, 0.25) is 0 Å². The predicted molar refractivity (Wildman–Crippen MR) is 99.6 cm³/mol. The molecule has 2 aromatic carbocycles. The third-order valence-corrected chi connectivity index (χ3v) is 4.56. The van der Waals surface area contributed by atoms with Crippen LogP contribution in [0, 0.1) is 0 Å². The van der Waals surface area contributed by atoms with Gasteiger partial charge in [0.25, 0.3) is 5.91 Å². The fraction of sp³-hybridized carbons (Fsp3) is 0.333. The molecule has 0 heterocycles. The van der Waals surface area contributed by atoms with Gasteiger partial charge in [0.1, 0.15) is 0 Å². The van der Waals surface area contributed by atoms with E-state index in [1.807, 2.05) is 24.3 Å². The maximum Gasteiger partial charge on any atom is 0.261 e. The molecule has 0 aliphatic heterocycles. The van der Waals surface area contributed by atoms with Crippen LogP contribution >= 0.6 is 0 Å². The summed E-state index contributed by atoms with van der Waals surface area (Å²) in [6.45, 7) is 2.05. The first-order valence-corrected chi connectivity index (χ1v) is 8.87. The van der Waals surface area contributed by atoms with Gasteiger partial charge >= 0.3 is 0 Å². The maximum absolute atomic E-state index is 12.1. The molecule has 0 bridgehead atoms. The lowest BCUT2D eigenvalue weighted by atomic mass is 9.88. The van der Waals surface area contributed by atoms with Gasteiger partial charge < -0.3 is 10.2 Å². The van der Waals surface area contributed by atoms with Crippen LogP contribution in [0.2, 0.25) is 0 Å². The molecule has 0 spiro atoms. The van der Waals surface area contributed by atoms with Crippen LogP contribution in [0.25, 0.3) is 0 Å². The minimum atomic E-state index is -0.139. The van der Waals surface area contributed by atoms with Crippen molar-refractivity contribution in [3.05, 3.63) is 70.8 Å². The van der Waals surface area contributed by atoms with Gasteiger partial charge in [-0.05, 0) is 47.9 Å². The number of hydrogen-bond acceptors (Lipinski definition) is 3. The molecular weight excluding hydrogens is 312 g/mol. The molecule has 3 rings (SSSR count). The summed E-state index contributed by atoms with van der Waals surface area (Å²) in [4.78, 5) is 17.2. The standard InChI is InChI=1S/C21H24N2O2/c1-2-16-10-12-17(13-11-16)14-22-25-15-21(24)23-20-9-5-7-18-6-3-4-8-19(18)20/h3-4,6,8,10-14,20H,2,5,7,9,15H2,1H3,(H,23,24)/b22-14-/t20-/m1/s1. The molecule has 0 saturated carbocycles. The highest BCUT2D eigenvalue weighted by Gasteiger charge is 2.21. The topological polar surface area (TPSA) is 50.7 Å². The summed E-state index contributed by atoms with van der Waals surface area (Å²) in [5.41, 5.74) is 4.79. The lowest BCUT2D eigenvalue weighted by molar-refractivity contribution is -0.126. The van der Waals surface area contributed by atoms with Crippen molar-refractivity contribution in [1.82, 2.24) is 5.32 Å². The number of rotatable bonds is 6. The lowest BCUT2D eigenvalue weighted by Gasteiger charge is -2.26. The van der Waals surface area contributed by atoms with Gasteiger partial charge in [-0.25, -0.2) is 0 Å². The molecule has 1 aliphatic carbocycles. The van der Waals surface area contributed by atoms with Crippen molar-refractivity contribution in [3.8, 4) is 0 Å². The number of amides is 1. The number of nitrogens with one attached hydrogen (secondary N) is 1. The molecule has 1 N–H and O–H groups in total. The average molecular weight is 336 g/mol. The summed E-state index contributed by atoms with van der Waals surface area (Å²) < 4.78 is 0. The van der Waals surface area contributed by atoms with Crippen LogP contribution < -0.4 is 5.32 Å². The molecule has 4 nitrogen and oxygen atoms in total. The molecule has 1 aliphatic rings. The Balaban J connectivity index is 1.48. The third kappa shape index (κ3) is 4.69. The number of benzene rings is 2. The van der Waals surface area contributed by atoms with E-state index in [4.69, 9.17) is 4.84 Å². The first-order chi connectivity index (χ1) is 12.3. The van der Waals surface area contributed by atoms with E-state index in [9.17, 15) is 4.79 Å². The normalized spacial score (nSPS) is 16.4. The van der Waals surface area contributed by atoms with Gasteiger partial charge in [0.05, 0.1) is 12.3 Å². The number of aryl methyl sites for hydroxylation is 2. The molecule has 1 atom stereocenters. The molecule has 0 radical (unpaired) electrons. The Bertz CT molecular complexity index is 738. The Hall–Kier alpha value is -2.62. The fourth-order valence-electron chi connectivity index (χ4n) is 3.17. The van der Waals surface area contributed by atoms with Crippen molar-refractivity contribution in [2.45, 2.75) is 38.6 Å². The SMILES string of the molecule is CCc1ccc(/C=N\OCC(=O)N[C@@H]2CCCc3ccccc32)cc1. The van der Waals surface area contributed by atoms with E-state index in [1.54, 1.807) is 6.21 Å². The molecule has 0 aromatic heterocycles. The second-order valence-corrected chi connectivity index (χ2v) is 6.31. The van der Waals surface area contributed by atoms with Crippen LogP contribution in [-0.2, 0) is 22.5 Å². The molecular formula is C21H24N2O2. The molecule has 1 amide bonds. The van der Waals surface area contributed by atoms with Crippen LogP contribution in [0.3, 0.4) is 0 Å². The van der Waals surface area contributed by atoms with Crippen molar-refractivity contribution in [3.63, 3.8) is 0 Å².